The second-order valence-electron chi connectivity index (χ2n) is 9.32. The van der Waals surface area contributed by atoms with Gasteiger partial charge in [0.15, 0.2) is 0 Å². The highest BCUT2D eigenvalue weighted by atomic mass is 35.5. The maximum Gasteiger partial charge on any atom is 0.355 e. The molecule has 1 amide bonds. The van der Waals surface area contributed by atoms with Gasteiger partial charge in [-0.25, -0.2) is 4.79 Å². The number of halogens is 1. The highest BCUT2D eigenvalue weighted by molar-refractivity contribution is 6.00. The van der Waals surface area contributed by atoms with E-state index >= 15 is 0 Å². The number of nitrogens with zero attached hydrogens (tertiary/aromatic N) is 5. The minimum Gasteiger partial charge on any atom is -1.00 e. The van der Waals surface area contributed by atoms with Crippen molar-refractivity contribution in [3.8, 4) is 0 Å². The summed E-state index contributed by atoms with van der Waals surface area (Å²) in [5, 5.41) is 21.0. The van der Waals surface area contributed by atoms with Crippen LogP contribution in [-0.4, -0.2) is 48.6 Å². The number of aliphatic hydroxyl groups is 1. The molecular weight excluding hydrogens is 478 g/mol. The summed E-state index contributed by atoms with van der Waals surface area (Å²) >= 11 is 0. The fourth-order valence-corrected chi connectivity index (χ4v) is 5.48. The van der Waals surface area contributed by atoms with Crippen LogP contribution in [0.3, 0.4) is 0 Å². The molecule has 35 heavy (non-hydrogen) atoms. The summed E-state index contributed by atoms with van der Waals surface area (Å²) < 4.78 is 9.60. The zero-order valence-corrected chi connectivity index (χ0v) is 20.0. The van der Waals surface area contributed by atoms with Gasteiger partial charge in [-0.1, -0.05) is 6.92 Å². The van der Waals surface area contributed by atoms with Crippen LogP contribution in [0.15, 0.2) is 48.2 Å². The number of non-ortho nitro benzene ring substituents is 1. The Labute approximate surface area is 207 Å². The van der Waals surface area contributed by atoms with E-state index < -0.39 is 22.9 Å². The lowest BCUT2D eigenvalue weighted by Gasteiger charge is -2.46. The Morgan fingerprint density at radius 2 is 2.09 bits per heavy atom. The van der Waals surface area contributed by atoms with Gasteiger partial charge in [-0.05, 0) is 41.6 Å². The van der Waals surface area contributed by atoms with Crippen molar-refractivity contribution in [2.75, 3.05) is 0 Å². The van der Waals surface area contributed by atoms with E-state index in [-0.39, 0.29) is 54.2 Å². The molecule has 1 aromatic heterocycles. The third kappa shape index (κ3) is 4.19. The molecule has 0 unspecified atom stereocenters. The second-order valence-corrected chi connectivity index (χ2v) is 9.32. The summed E-state index contributed by atoms with van der Waals surface area (Å²) in [5.74, 6) is -1.23. The van der Waals surface area contributed by atoms with Crippen LogP contribution in [0.1, 0.15) is 25.8 Å². The average Bonchev–Trinajstić information content (AvgIpc) is 3.44. The molecule has 3 aliphatic heterocycles. The largest absolute Gasteiger partial charge is 1.00 e. The van der Waals surface area contributed by atoms with Crippen LogP contribution in [0.4, 0.5) is 5.69 Å². The Hall–Kier alpha value is -3.31. The number of fused-ring (bicyclic) bond motifs is 2. The van der Waals surface area contributed by atoms with Crippen molar-refractivity contribution in [3.05, 3.63) is 63.9 Å². The van der Waals surface area contributed by atoms with Gasteiger partial charge >= 0.3 is 12.3 Å². The molecule has 4 atom stereocenters. The SMILES string of the molecule is C[C@@H](O)[C@H]1C(=O)N2C(C(=O)OCc3ccc([N+](=O)[O-])cc3)=C(CC3Cn4cnc[n+]4C3)[C@H](C)[C@H]12.[Cl-]. The summed E-state index contributed by atoms with van der Waals surface area (Å²) in [6, 6.07) is 5.53. The average molecular weight is 504 g/mol. The number of aromatic nitrogens is 3. The number of ether oxygens (including phenoxy) is 1. The molecule has 0 bridgehead atoms. The molecule has 3 aliphatic rings. The van der Waals surface area contributed by atoms with Gasteiger partial charge in [0.2, 0.25) is 12.2 Å². The molecule has 2 aromatic rings. The fourth-order valence-electron chi connectivity index (χ4n) is 5.48. The second kappa shape index (κ2) is 9.38. The number of nitro benzene ring substituents is 1. The van der Waals surface area contributed by atoms with Gasteiger partial charge in [0.25, 0.3) is 5.69 Å². The number of hydrogen-bond donors (Lipinski definition) is 1. The van der Waals surface area contributed by atoms with Crippen LogP contribution in [-0.2, 0) is 34.0 Å². The van der Waals surface area contributed by atoms with Crippen LogP contribution in [0.25, 0.3) is 0 Å². The van der Waals surface area contributed by atoms with Gasteiger partial charge in [0, 0.05) is 24.0 Å². The number of nitro groups is 1. The van der Waals surface area contributed by atoms with Gasteiger partial charge in [-0.15, -0.1) is 0 Å². The number of β-lactam (4-membered cyclic amide) rings is 1. The maximum atomic E-state index is 13.2. The highest BCUT2D eigenvalue weighted by Crippen LogP contribution is 2.49. The van der Waals surface area contributed by atoms with Crippen molar-refractivity contribution in [3.63, 3.8) is 0 Å². The van der Waals surface area contributed by atoms with Crippen LogP contribution in [0, 0.1) is 27.9 Å². The number of hydrogen-bond acceptors (Lipinski definition) is 7. The molecule has 0 saturated carbocycles. The molecule has 12 heteroatoms. The van der Waals surface area contributed by atoms with Gasteiger partial charge < -0.3 is 27.2 Å². The number of carbonyl (C=O) groups is 2. The van der Waals surface area contributed by atoms with Crippen molar-refractivity contribution < 1.29 is 41.4 Å². The molecular formula is C23H26ClN5O6. The number of amides is 1. The zero-order chi connectivity index (χ0) is 24.1. The van der Waals surface area contributed by atoms with E-state index in [1.165, 1.54) is 29.2 Å². The van der Waals surface area contributed by atoms with Crippen molar-refractivity contribution in [1.29, 1.82) is 0 Å². The number of rotatable bonds is 7. The molecule has 5 rings (SSSR count). The third-order valence-electron chi connectivity index (χ3n) is 7.15. The Kier molecular flexibility index (Phi) is 6.65. The predicted molar refractivity (Wildman–Crippen MR) is 115 cm³/mol. The van der Waals surface area contributed by atoms with Crippen molar-refractivity contribution in [2.24, 2.45) is 17.8 Å². The number of aliphatic hydroxyl groups excluding tert-OH is 1. The van der Waals surface area contributed by atoms with E-state index in [1.54, 1.807) is 19.6 Å². The molecule has 11 nitrogen and oxygen atoms in total. The summed E-state index contributed by atoms with van der Waals surface area (Å²) in [7, 11) is 0. The first-order valence-electron chi connectivity index (χ1n) is 11.3. The minimum atomic E-state index is -0.804. The third-order valence-corrected chi connectivity index (χ3v) is 7.15. The molecule has 0 aliphatic carbocycles. The topological polar surface area (TPSA) is 132 Å². The van der Waals surface area contributed by atoms with E-state index in [0.717, 1.165) is 18.7 Å². The van der Waals surface area contributed by atoms with Crippen molar-refractivity contribution in [2.45, 2.75) is 52.1 Å². The lowest BCUT2D eigenvalue weighted by atomic mass is 9.76. The monoisotopic (exact) mass is 503 g/mol. The molecule has 1 aromatic carbocycles. The minimum absolute atomic E-state index is 0. The summed E-state index contributed by atoms with van der Waals surface area (Å²) in [6.07, 6.45) is 3.37. The number of benzene rings is 1. The van der Waals surface area contributed by atoms with Crippen LogP contribution in [0.5, 0.6) is 0 Å². The molecule has 1 N–H and O–H groups in total. The Bertz CT molecular complexity index is 1170. The molecule has 1 saturated heterocycles. The van der Waals surface area contributed by atoms with Crippen molar-refractivity contribution >= 4 is 17.6 Å². The highest BCUT2D eigenvalue weighted by Gasteiger charge is 2.60. The maximum absolute atomic E-state index is 13.2. The van der Waals surface area contributed by atoms with Gasteiger partial charge in [-0.3, -0.25) is 14.9 Å². The molecule has 0 spiro atoms. The zero-order valence-electron chi connectivity index (χ0n) is 19.3. The Balaban J connectivity index is 0.00000289. The van der Waals surface area contributed by atoms with E-state index in [0.29, 0.717) is 12.0 Å². The van der Waals surface area contributed by atoms with Crippen molar-refractivity contribution in [1.82, 2.24) is 14.6 Å². The summed E-state index contributed by atoms with van der Waals surface area (Å²) in [4.78, 5) is 42.1. The first-order chi connectivity index (χ1) is 16.3. The first kappa shape index (κ1) is 24.8. The van der Waals surface area contributed by atoms with Gasteiger partial charge in [-0.2, -0.15) is 9.36 Å². The van der Waals surface area contributed by atoms with Crippen LogP contribution < -0.4 is 17.1 Å². The summed E-state index contributed by atoms with van der Waals surface area (Å²) in [6.45, 7) is 5.06. The molecule has 186 valence electrons. The van der Waals surface area contributed by atoms with Gasteiger partial charge in [0.05, 0.1) is 29.5 Å². The Morgan fingerprint density at radius 1 is 1.37 bits per heavy atom. The Morgan fingerprint density at radius 3 is 2.71 bits per heavy atom. The lowest BCUT2D eigenvalue weighted by molar-refractivity contribution is -0.761. The summed E-state index contributed by atoms with van der Waals surface area (Å²) in [5.41, 5.74) is 1.72. The number of carbonyl (C=O) groups excluding carboxylic acids is 2. The molecule has 4 heterocycles. The van der Waals surface area contributed by atoms with E-state index in [9.17, 15) is 24.8 Å². The normalized spacial score (nSPS) is 25.5. The van der Waals surface area contributed by atoms with Gasteiger partial charge in [0.1, 0.15) is 18.8 Å². The fraction of sp³-hybridized carbons (Fsp3) is 0.478. The van der Waals surface area contributed by atoms with E-state index in [1.807, 2.05) is 16.3 Å². The van der Waals surface area contributed by atoms with E-state index in [4.69, 9.17) is 4.74 Å². The molecule has 0 radical (unpaired) electrons. The smallest absolute Gasteiger partial charge is 0.355 e. The predicted octanol–water partition coefficient (Wildman–Crippen LogP) is -2.04. The quantitative estimate of drug-likeness (QED) is 0.151. The standard InChI is InChI=1S/C23H26N5O6.ClH/c1-13-18(7-16-8-25-11-24-12-26(25)9-16)21(27-20(13)19(14(2)29)22(27)30)23(31)34-10-15-3-5-17(6-4-15)28(32)33;/h3-6,11-14,16,19-20,29H,7-10H2,1-2H3;1H/q+1;/p-1/t13-,14+,19+,20+;/m0./s1. The number of esters is 1. The molecule has 1 fully saturated rings. The lowest BCUT2D eigenvalue weighted by Crippen LogP contribution is -3.00. The first-order valence-corrected chi connectivity index (χ1v) is 11.3. The van der Waals surface area contributed by atoms with E-state index in [2.05, 4.69) is 4.98 Å². The van der Waals surface area contributed by atoms with Crippen LogP contribution in [0.2, 0.25) is 0 Å². The van der Waals surface area contributed by atoms with Crippen LogP contribution >= 0.6 is 0 Å².